The Kier molecular flexibility index (Phi) is 6.04. The van der Waals surface area contributed by atoms with Crippen molar-refractivity contribution in [2.24, 2.45) is 11.3 Å². The van der Waals surface area contributed by atoms with Crippen LogP contribution in [0, 0.1) is 18.3 Å². The topological polar surface area (TPSA) is 78.6 Å². The largest absolute Gasteiger partial charge is 0.481 e. The van der Waals surface area contributed by atoms with Gasteiger partial charge in [-0.3, -0.25) is 14.4 Å². The molecule has 1 aliphatic heterocycles. The zero-order valence-corrected chi connectivity index (χ0v) is 15.3. The van der Waals surface area contributed by atoms with Gasteiger partial charge in [0.05, 0.1) is 12.3 Å². The van der Waals surface area contributed by atoms with Crippen LogP contribution in [-0.2, 0) is 17.9 Å². The van der Waals surface area contributed by atoms with Crippen molar-refractivity contribution in [1.82, 2.24) is 14.7 Å². The molecule has 0 saturated carbocycles. The van der Waals surface area contributed by atoms with Gasteiger partial charge in [-0.2, -0.15) is 5.10 Å². The van der Waals surface area contributed by atoms with Gasteiger partial charge < -0.3 is 10.2 Å². The smallest absolute Gasteiger partial charge is 0.313 e. The van der Waals surface area contributed by atoms with Gasteiger partial charge in [-0.25, -0.2) is 0 Å². The first-order chi connectivity index (χ1) is 11.3. The highest BCUT2D eigenvalue weighted by Crippen LogP contribution is 2.37. The quantitative estimate of drug-likeness (QED) is 0.798. The molecule has 0 spiro atoms. The number of rotatable bonds is 7. The van der Waals surface area contributed by atoms with E-state index in [4.69, 9.17) is 0 Å². The Balaban J connectivity index is 2.15. The minimum Gasteiger partial charge on any atom is -0.481 e. The molecule has 6 heteroatoms. The van der Waals surface area contributed by atoms with E-state index in [2.05, 4.69) is 30.8 Å². The SMILES string of the molecule is CCn1ncc(CN2CC[C@@H](O)[C@](CCC(C)C)(C(=O)O)C2)c1C. The minimum atomic E-state index is -1.06. The zero-order valence-electron chi connectivity index (χ0n) is 15.3. The molecule has 1 fully saturated rings. The summed E-state index contributed by atoms with van der Waals surface area (Å²) in [5.74, 6) is -0.449. The van der Waals surface area contributed by atoms with Crippen molar-refractivity contribution in [3.05, 3.63) is 17.5 Å². The number of carboxylic acids is 1. The maximum Gasteiger partial charge on any atom is 0.313 e. The third kappa shape index (κ3) is 3.81. The van der Waals surface area contributed by atoms with Crippen LogP contribution in [0.1, 0.15) is 51.3 Å². The number of carbonyl (C=O) groups is 1. The van der Waals surface area contributed by atoms with Crippen molar-refractivity contribution in [1.29, 1.82) is 0 Å². The maximum atomic E-state index is 12.0. The Labute approximate surface area is 144 Å². The summed E-state index contributed by atoms with van der Waals surface area (Å²) in [7, 11) is 0. The van der Waals surface area contributed by atoms with Gasteiger partial charge in [-0.05, 0) is 39.0 Å². The number of carboxylic acid groups (broad SMARTS) is 1. The van der Waals surface area contributed by atoms with Crippen LogP contribution in [0.2, 0.25) is 0 Å². The Morgan fingerprint density at radius 2 is 2.21 bits per heavy atom. The lowest BCUT2D eigenvalue weighted by molar-refractivity contribution is -0.165. The summed E-state index contributed by atoms with van der Waals surface area (Å²) in [6, 6.07) is 0. The molecule has 136 valence electrons. The van der Waals surface area contributed by atoms with Crippen molar-refractivity contribution < 1.29 is 15.0 Å². The number of aromatic nitrogens is 2. The molecule has 1 aromatic rings. The van der Waals surface area contributed by atoms with Gasteiger partial charge in [0.15, 0.2) is 0 Å². The molecule has 24 heavy (non-hydrogen) atoms. The number of aryl methyl sites for hydroxylation is 1. The molecule has 2 atom stereocenters. The van der Waals surface area contributed by atoms with E-state index in [-0.39, 0.29) is 0 Å². The molecule has 0 unspecified atom stereocenters. The number of nitrogens with zero attached hydrogens (tertiary/aromatic N) is 3. The van der Waals surface area contributed by atoms with Crippen LogP contribution in [0.25, 0.3) is 0 Å². The molecule has 0 radical (unpaired) electrons. The summed E-state index contributed by atoms with van der Waals surface area (Å²) >= 11 is 0. The third-order valence-corrected chi connectivity index (χ3v) is 5.35. The summed E-state index contributed by atoms with van der Waals surface area (Å²) in [5.41, 5.74) is 1.21. The predicted octanol–water partition coefficient (Wildman–Crippen LogP) is 2.29. The third-order valence-electron chi connectivity index (χ3n) is 5.35. The first kappa shape index (κ1) is 18.9. The Morgan fingerprint density at radius 3 is 2.75 bits per heavy atom. The minimum absolute atomic E-state index is 0.396. The summed E-state index contributed by atoms with van der Waals surface area (Å²) in [5, 5.41) is 24.7. The molecule has 6 nitrogen and oxygen atoms in total. The highest BCUT2D eigenvalue weighted by Gasteiger charge is 2.48. The van der Waals surface area contributed by atoms with E-state index in [1.54, 1.807) is 0 Å². The molecule has 0 aliphatic carbocycles. The number of aliphatic hydroxyl groups is 1. The van der Waals surface area contributed by atoms with E-state index < -0.39 is 17.5 Å². The Bertz CT molecular complexity index is 570. The fourth-order valence-electron chi connectivity index (χ4n) is 3.61. The monoisotopic (exact) mass is 337 g/mol. The standard InChI is InChI=1S/C18H31N3O3/c1-5-21-14(4)15(10-19-21)11-20-9-7-16(22)18(12-20,17(23)24)8-6-13(2)3/h10,13,16,22H,5-9,11-12H2,1-4H3,(H,23,24)/t16-,18-/m1/s1. The summed E-state index contributed by atoms with van der Waals surface area (Å²) in [6.45, 7) is 10.9. The lowest BCUT2D eigenvalue weighted by Crippen LogP contribution is -2.55. The van der Waals surface area contributed by atoms with Gasteiger partial charge >= 0.3 is 5.97 Å². The van der Waals surface area contributed by atoms with Crippen molar-refractivity contribution >= 4 is 5.97 Å². The van der Waals surface area contributed by atoms with Gasteiger partial charge in [-0.1, -0.05) is 13.8 Å². The number of hydrogen-bond donors (Lipinski definition) is 2. The maximum absolute atomic E-state index is 12.0. The van der Waals surface area contributed by atoms with E-state index in [0.29, 0.717) is 38.4 Å². The fraction of sp³-hybridized carbons (Fsp3) is 0.778. The second kappa shape index (κ2) is 7.66. The van der Waals surface area contributed by atoms with Crippen LogP contribution >= 0.6 is 0 Å². The molecule has 0 aromatic carbocycles. The molecule has 1 aliphatic rings. The van der Waals surface area contributed by atoms with Crippen LogP contribution < -0.4 is 0 Å². The number of piperidine rings is 1. The normalized spacial score (nSPS) is 25.3. The van der Waals surface area contributed by atoms with Crippen LogP contribution in [-0.4, -0.2) is 50.1 Å². The molecule has 0 amide bonds. The molecule has 2 rings (SSSR count). The van der Waals surface area contributed by atoms with Crippen LogP contribution in [0.15, 0.2) is 6.20 Å². The number of aliphatic hydroxyl groups excluding tert-OH is 1. The van der Waals surface area contributed by atoms with E-state index in [0.717, 1.165) is 24.2 Å². The van der Waals surface area contributed by atoms with Gasteiger partial charge in [-0.15, -0.1) is 0 Å². The molecular weight excluding hydrogens is 306 g/mol. The summed E-state index contributed by atoms with van der Waals surface area (Å²) in [4.78, 5) is 14.2. The average molecular weight is 337 g/mol. The van der Waals surface area contributed by atoms with Crippen LogP contribution in [0.4, 0.5) is 0 Å². The summed E-state index contributed by atoms with van der Waals surface area (Å²) in [6.07, 6.45) is 2.94. The number of hydrogen-bond acceptors (Lipinski definition) is 4. The van der Waals surface area contributed by atoms with E-state index >= 15 is 0 Å². The highest BCUT2D eigenvalue weighted by atomic mass is 16.4. The summed E-state index contributed by atoms with van der Waals surface area (Å²) < 4.78 is 1.96. The molecular formula is C18H31N3O3. The van der Waals surface area contributed by atoms with Gasteiger partial charge in [0.1, 0.15) is 5.41 Å². The zero-order chi connectivity index (χ0) is 17.9. The first-order valence-electron chi connectivity index (χ1n) is 8.95. The van der Waals surface area contributed by atoms with Crippen LogP contribution in [0.3, 0.4) is 0 Å². The number of aliphatic carboxylic acids is 1. The second-order valence-electron chi connectivity index (χ2n) is 7.48. The van der Waals surface area contributed by atoms with Gasteiger partial charge in [0, 0.05) is 37.4 Å². The van der Waals surface area contributed by atoms with E-state index in [1.807, 2.05) is 17.8 Å². The predicted molar refractivity (Wildman–Crippen MR) is 92.7 cm³/mol. The lowest BCUT2D eigenvalue weighted by Gasteiger charge is -2.43. The fourth-order valence-corrected chi connectivity index (χ4v) is 3.61. The molecule has 1 saturated heterocycles. The van der Waals surface area contributed by atoms with E-state index in [9.17, 15) is 15.0 Å². The van der Waals surface area contributed by atoms with Crippen molar-refractivity contribution in [3.8, 4) is 0 Å². The van der Waals surface area contributed by atoms with Crippen molar-refractivity contribution in [2.45, 2.75) is 66.2 Å². The molecule has 0 bridgehead atoms. The lowest BCUT2D eigenvalue weighted by atomic mass is 9.72. The molecule has 2 heterocycles. The second-order valence-corrected chi connectivity index (χ2v) is 7.48. The van der Waals surface area contributed by atoms with E-state index in [1.165, 1.54) is 0 Å². The number of likely N-dealkylation sites (tertiary alicyclic amines) is 1. The first-order valence-corrected chi connectivity index (χ1v) is 8.95. The Hall–Kier alpha value is -1.40. The molecule has 1 aromatic heterocycles. The highest BCUT2D eigenvalue weighted by molar-refractivity contribution is 5.76. The van der Waals surface area contributed by atoms with Crippen LogP contribution in [0.5, 0.6) is 0 Å². The van der Waals surface area contributed by atoms with Gasteiger partial charge in [0.25, 0.3) is 0 Å². The van der Waals surface area contributed by atoms with Crippen molar-refractivity contribution in [2.75, 3.05) is 13.1 Å². The van der Waals surface area contributed by atoms with Gasteiger partial charge in [0.2, 0.25) is 0 Å². The average Bonchev–Trinajstić information content (AvgIpc) is 2.87. The Morgan fingerprint density at radius 1 is 1.50 bits per heavy atom. The van der Waals surface area contributed by atoms with Crippen molar-refractivity contribution in [3.63, 3.8) is 0 Å². The molecule has 2 N–H and O–H groups in total.